The molecule has 2 aromatic rings. The Balaban J connectivity index is 2.07. The maximum atomic E-state index is 12.4. The van der Waals surface area contributed by atoms with Gasteiger partial charge in [-0.1, -0.05) is 49.4 Å². The summed E-state index contributed by atoms with van der Waals surface area (Å²) in [6.45, 7) is 1.77. The molecule has 0 fully saturated rings. The van der Waals surface area contributed by atoms with Gasteiger partial charge >= 0.3 is 0 Å². The largest absolute Gasteiger partial charge is 0.326 e. The molecule has 2 rings (SSSR count). The molecular weight excluding hydrogens is 324 g/mol. The molecule has 0 spiro atoms. The predicted octanol–water partition coefficient (Wildman–Crippen LogP) is 2.51. The number of nitrogens with two attached hydrogens (primary N) is 1. The third-order valence-corrected chi connectivity index (χ3v) is 4.62. The van der Waals surface area contributed by atoms with Crippen LogP contribution < -0.4 is 11.1 Å². The van der Waals surface area contributed by atoms with Crippen LogP contribution in [-0.2, 0) is 20.4 Å². The summed E-state index contributed by atoms with van der Waals surface area (Å²) >= 11 is 0. The molecule has 24 heavy (non-hydrogen) atoms. The molecular formula is C18H22N2O3S. The lowest BCUT2D eigenvalue weighted by molar-refractivity contribution is -0.120. The highest BCUT2D eigenvalue weighted by molar-refractivity contribution is 7.89. The van der Waals surface area contributed by atoms with Gasteiger partial charge in [0.15, 0.2) is 9.84 Å². The van der Waals surface area contributed by atoms with Gasteiger partial charge in [0.1, 0.15) is 0 Å². The van der Waals surface area contributed by atoms with Crippen molar-refractivity contribution in [2.24, 2.45) is 11.7 Å². The van der Waals surface area contributed by atoms with Crippen molar-refractivity contribution < 1.29 is 13.2 Å². The number of hydrogen-bond acceptors (Lipinski definition) is 4. The predicted molar refractivity (Wildman–Crippen MR) is 96.2 cm³/mol. The van der Waals surface area contributed by atoms with E-state index in [-0.39, 0.29) is 11.7 Å². The molecule has 0 aromatic heterocycles. The summed E-state index contributed by atoms with van der Waals surface area (Å²) < 4.78 is 22.8. The van der Waals surface area contributed by atoms with Gasteiger partial charge in [-0.2, -0.15) is 0 Å². The molecule has 2 atom stereocenters. The lowest BCUT2D eigenvalue weighted by atomic mass is 9.94. The molecule has 0 heterocycles. The number of benzene rings is 2. The third kappa shape index (κ3) is 5.18. The second-order valence-electron chi connectivity index (χ2n) is 5.98. The van der Waals surface area contributed by atoms with Crippen LogP contribution in [0.25, 0.3) is 0 Å². The van der Waals surface area contributed by atoms with Gasteiger partial charge in [0.25, 0.3) is 0 Å². The number of sulfone groups is 1. The smallest absolute Gasteiger partial charge is 0.229 e. The van der Waals surface area contributed by atoms with Gasteiger partial charge in [0, 0.05) is 18.0 Å². The number of anilines is 1. The van der Waals surface area contributed by atoms with Crippen LogP contribution in [0.1, 0.15) is 24.1 Å². The number of hydrogen-bond donors (Lipinski definition) is 2. The average Bonchev–Trinajstić information content (AvgIpc) is 2.53. The van der Waals surface area contributed by atoms with E-state index >= 15 is 0 Å². The molecule has 0 bridgehead atoms. The lowest BCUT2D eigenvalue weighted by Crippen LogP contribution is -2.30. The first-order valence-corrected chi connectivity index (χ1v) is 9.70. The molecule has 2 unspecified atom stereocenters. The molecule has 6 heteroatoms. The zero-order valence-corrected chi connectivity index (χ0v) is 14.6. The molecule has 0 saturated carbocycles. The van der Waals surface area contributed by atoms with Crippen LogP contribution in [0.5, 0.6) is 0 Å². The van der Waals surface area contributed by atoms with Gasteiger partial charge in [-0.15, -0.1) is 0 Å². The van der Waals surface area contributed by atoms with Crippen molar-refractivity contribution in [2.45, 2.75) is 18.7 Å². The topological polar surface area (TPSA) is 89.3 Å². The van der Waals surface area contributed by atoms with Crippen LogP contribution in [0.2, 0.25) is 0 Å². The fourth-order valence-corrected chi connectivity index (χ4v) is 3.21. The second-order valence-corrected chi connectivity index (χ2v) is 8.13. The molecule has 0 radical (unpaired) electrons. The summed E-state index contributed by atoms with van der Waals surface area (Å²) in [7, 11) is -3.12. The maximum Gasteiger partial charge on any atom is 0.229 e. The van der Waals surface area contributed by atoms with Gasteiger partial charge in [-0.05, 0) is 23.3 Å². The summed E-state index contributed by atoms with van der Waals surface area (Å²) in [5.74, 6) is -0.690. The van der Waals surface area contributed by atoms with Gasteiger partial charge in [-0.25, -0.2) is 8.42 Å². The van der Waals surface area contributed by atoms with E-state index in [0.717, 1.165) is 5.56 Å². The van der Waals surface area contributed by atoms with E-state index in [9.17, 15) is 13.2 Å². The molecule has 0 aliphatic heterocycles. The van der Waals surface area contributed by atoms with Crippen LogP contribution in [0, 0.1) is 5.92 Å². The van der Waals surface area contributed by atoms with Crippen LogP contribution >= 0.6 is 0 Å². The first-order chi connectivity index (χ1) is 11.3. The monoisotopic (exact) mass is 346 g/mol. The van der Waals surface area contributed by atoms with Crippen molar-refractivity contribution in [1.29, 1.82) is 0 Å². The molecule has 128 valence electrons. The van der Waals surface area contributed by atoms with Crippen molar-refractivity contribution >= 4 is 21.4 Å². The highest BCUT2D eigenvalue weighted by Crippen LogP contribution is 2.21. The Labute approximate surface area is 142 Å². The molecule has 1 amide bonds. The summed E-state index contributed by atoms with van der Waals surface area (Å²) in [6.07, 6.45) is 1.18. The Morgan fingerprint density at radius 1 is 1.12 bits per heavy atom. The quantitative estimate of drug-likeness (QED) is 0.841. The molecule has 2 aromatic carbocycles. The van der Waals surface area contributed by atoms with Crippen LogP contribution in [0.4, 0.5) is 5.69 Å². The zero-order chi connectivity index (χ0) is 17.7. The van der Waals surface area contributed by atoms with Crippen molar-refractivity contribution in [2.75, 3.05) is 11.6 Å². The highest BCUT2D eigenvalue weighted by atomic mass is 32.2. The number of carbonyl (C=O) groups is 1. The van der Waals surface area contributed by atoms with E-state index in [1.165, 1.54) is 6.26 Å². The highest BCUT2D eigenvalue weighted by Gasteiger charge is 2.22. The number of rotatable bonds is 6. The Morgan fingerprint density at radius 3 is 2.42 bits per heavy atom. The Morgan fingerprint density at radius 2 is 1.79 bits per heavy atom. The van der Waals surface area contributed by atoms with Gasteiger partial charge in [0.2, 0.25) is 5.91 Å². The zero-order valence-electron chi connectivity index (χ0n) is 13.8. The van der Waals surface area contributed by atoms with Gasteiger partial charge in [0.05, 0.1) is 11.7 Å². The van der Waals surface area contributed by atoms with E-state index in [1.807, 2.05) is 30.3 Å². The van der Waals surface area contributed by atoms with Crippen LogP contribution in [-0.4, -0.2) is 20.6 Å². The fraction of sp³-hybridized carbons (Fsp3) is 0.278. The minimum atomic E-state index is -3.12. The maximum absolute atomic E-state index is 12.4. The normalized spacial score (nSPS) is 14.0. The first-order valence-electron chi connectivity index (χ1n) is 7.64. The summed E-state index contributed by atoms with van der Waals surface area (Å²) in [5, 5.41) is 2.80. The molecule has 0 aliphatic rings. The number of nitrogens with one attached hydrogen (secondary N) is 1. The van der Waals surface area contributed by atoms with Crippen LogP contribution in [0.15, 0.2) is 54.6 Å². The minimum Gasteiger partial charge on any atom is -0.326 e. The number of carbonyl (C=O) groups excluding carboxylic acids is 1. The second kappa shape index (κ2) is 7.59. The third-order valence-electron chi connectivity index (χ3n) is 3.76. The van der Waals surface area contributed by atoms with E-state index in [1.54, 1.807) is 31.2 Å². The molecule has 5 nitrogen and oxygen atoms in total. The number of amides is 1. The molecule has 3 N–H and O–H groups in total. The van der Waals surface area contributed by atoms with E-state index in [4.69, 9.17) is 5.73 Å². The molecule has 0 saturated heterocycles. The standard InChI is InChI=1S/C18H22N2O3S/c1-13(17(19)15-8-4-3-5-9-15)18(21)20-16-10-6-7-14(11-16)12-24(2,22)23/h3-11,13,17H,12,19H2,1-2H3,(H,20,21). The summed E-state index contributed by atoms with van der Waals surface area (Å²) in [4.78, 5) is 12.4. The van der Waals surface area contributed by atoms with E-state index in [2.05, 4.69) is 5.32 Å². The van der Waals surface area contributed by atoms with E-state index < -0.39 is 21.8 Å². The van der Waals surface area contributed by atoms with Gasteiger partial charge < -0.3 is 11.1 Å². The van der Waals surface area contributed by atoms with Crippen molar-refractivity contribution in [3.05, 3.63) is 65.7 Å². The van der Waals surface area contributed by atoms with Crippen molar-refractivity contribution in [1.82, 2.24) is 0 Å². The SMILES string of the molecule is CC(C(=O)Nc1cccc(CS(C)(=O)=O)c1)C(N)c1ccccc1. The fourth-order valence-electron chi connectivity index (χ4n) is 2.42. The van der Waals surface area contributed by atoms with Gasteiger partial charge in [-0.3, -0.25) is 4.79 Å². The summed E-state index contributed by atoms with van der Waals surface area (Å²) in [5.41, 5.74) is 8.26. The first kappa shape index (κ1) is 18.2. The Hall–Kier alpha value is -2.18. The Bertz CT molecular complexity index is 804. The minimum absolute atomic E-state index is 0.0597. The Kier molecular flexibility index (Phi) is 5.75. The summed E-state index contributed by atoms with van der Waals surface area (Å²) in [6, 6.07) is 15.9. The molecule has 0 aliphatic carbocycles. The average molecular weight is 346 g/mol. The van der Waals surface area contributed by atoms with Crippen LogP contribution in [0.3, 0.4) is 0 Å². The van der Waals surface area contributed by atoms with E-state index in [0.29, 0.717) is 11.3 Å². The lowest BCUT2D eigenvalue weighted by Gasteiger charge is -2.20. The van der Waals surface area contributed by atoms with Crippen molar-refractivity contribution in [3.63, 3.8) is 0 Å². The van der Waals surface area contributed by atoms with Crippen molar-refractivity contribution in [3.8, 4) is 0 Å².